The highest BCUT2D eigenvalue weighted by atomic mass is 14.6. The second kappa shape index (κ2) is 3.97. The highest BCUT2D eigenvalue weighted by Crippen LogP contribution is 2.52. The van der Waals surface area contributed by atoms with E-state index in [-0.39, 0.29) is 0 Å². The fraction of sp³-hybridized carbons (Fsp3) is 1.00. The van der Waals surface area contributed by atoms with Crippen LogP contribution in [0.1, 0.15) is 32.1 Å². The van der Waals surface area contributed by atoms with Gasteiger partial charge in [0.2, 0.25) is 0 Å². The van der Waals surface area contributed by atoms with Crippen molar-refractivity contribution in [1.29, 1.82) is 0 Å². The Labute approximate surface area is 81.1 Å². The van der Waals surface area contributed by atoms with Crippen LogP contribution in [0.25, 0.3) is 0 Å². The van der Waals surface area contributed by atoms with Gasteiger partial charge in [0.05, 0.1) is 0 Å². The normalized spacial score (nSPS) is 42.9. The monoisotopic (exact) mass is 182 g/mol. The minimum absolute atomic E-state index is 0.860. The van der Waals surface area contributed by atoms with E-state index >= 15 is 0 Å². The Bertz CT molecular complexity index is 169. The molecule has 2 bridgehead atoms. The summed E-state index contributed by atoms with van der Waals surface area (Å²) < 4.78 is 0. The fourth-order valence-corrected chi connectivity index (χ4v) is 3.54. The molecule has 4 N–H and O–H groups in total. The van der Waals surface area contributed by atoms with E-state index in [1.54, 1.807) is 0 Å². The van der Waals surface area contributed by atoms with Gasteiger partial charge in [-0.2, -0.15) is 0 Å². The van der Waals surface area contributed by atoms with Crippen LogP contribution in [-0.4, -0.2) is 13.1 Å². The maximum Gasteiger partial charge on any atom is -0.00461 e. The lowest BCUT2D eigenvalue weighted by Gasteiger charge is -2.26. The number of hydrogen-bond acceptors (Lipinski definition) is 2. The van der Waals surface area contributed by atoms with E-state index in [1.165, 1.54) is 32.1 Å². The minimum Gasteiger partial charge on any atom is -0.330 e. The van der Waals surface area contributed by atoms with E-state index in [9.17, 15) is 0 Å². The average molecular weight is 182 g/mol. The largest absolute Gasteiger partial charge is 0.330 e. The van der Waals surface area contributed by atoms with E-state index in [4.69, 9.17) is 11.5 Å². The third kappa shape index (κ3) is 1.75. The Morgan fingerprint density at radius 2 is 1.62 bits per heavy atom. The van der Waals surface area contributed by atoms with E-state index in [1.807, 2.05) is 0 Å². The van der Waals surface area contributed by atoms with Crippen molar-refractivity contribution < 1.29 is 0 Å². The molecule has 0 aromatic rings. The van der Waals surface area contributed by atoms with Gasteiger partial charge in [-0.05, 0) is 68.9 Å². The first-order valence-corrected chi connectivity index (χ1v) is 5.75. The lowest BCUT2D eigenvalue weighted by Crippen LogP contribution is -2.24. The van der Waals surface area contributed by atoms with Crippen LogP contribution in [0.3, 0.4) is 0 Å². The molecule has 2 heteroatoms. The van der Waals surface area contributed by atoms with Gasteiger partial charge in [0.25, 0.3) is 0 Å². The summed E-state index contributed by atoms with van der Waals surface area (Å²) in [6.07, 6.45) is 6.93. The standard InChI is InChI=1S/C11H22N2/c12-3-1-2-8-4-10-5-9(8)6-11(10)7-13/h8-11H,1-7,12-13H2. The fourth-order valence-electron chi connectivity index (χ4n) is 3.54. The Morgan fingerprint density at radius 1 is 0.923 bits per heavy atom. The van der Waals surface area contributed by atoms with Crippen molar-refractivity contribution in [3.05, 3.63) is 0 Å². The summed E-state index contributed by atoms with van der Waals surface area (Å²) >= 11 is 0. The first-order chi connectivity index (χ1) is 6.35. The molecular weight excluding hydrogens is 160 g/mol. The molecule has 4 unspecified atom stereocenters. The van der Waals surface area contributed by atoms with Gasteiger partial charge >= 0.3 is 0 Å². The molecule has 2 aliphatic rings. The Kier molecular flexibility index (Phi) is 2.89. The van der Waals surface area contributed by atoms with Crippen LogP contribution in [0.5, 0.6) is 0 Å². The van der Waals surface area contributed by atoms with Crippen molar-refractivity contribution in [1.82, 2.24) is 0 Å². The highest BCUT2D eigenvalue weighted by Gasteiger charge is 2.44. The molecule has 4 atom stereocenters. The van der Waals surface area contributed by atoms with Gasteiger partial charge in [-0.1, -0.05) is 0 Å². The molecule has 0 aromatic carbocycles. The highest BCUT2D eigenvalue weighted by molar-refractivity contribution is 4.95. The van der Waals surface area contributed by atoms with Gasteiger partial charge in [-0.15, -0.1) is 0 Å². The summed E-state index contributed by atoms with van der Waals surface area (Å²) in [5.41, 5.74) is 11.3. The molecule has 0 aromatic heterocycles. The van der Waals surface area contributed by atoms with Crippen molar-refractivity contribution in [3.63, 3.8) is 0 Å². The topological polar surface area (TPSA) is 52.0 Å². The number of hydrogen-bond donors (Lipinski definition) is 2. The SMILES string of the molecule is NCCCC1CC2CC1CC2CN. The number of rotatable bonds is 4. The second-order valence-corrected chi connectivity index (χ2v) is 4.91. The van der Waals surface area contributed by atoms with Gasteiger partial charge < -0.3 is 11.5 Å². The predicted molar refractivity (Wildman–Crippen MR) is 55.2 cm³/mol. The first-order valence-electron chi connectivity index (χ1n) is 5.75. The molecule has 0 radical (unpaired) electrons. The van der Waals surface area contributed by atoms with Crippen LogP contribution in [0.4, 0.5) is 0 Å². The van der Waals surface area contributed by atoms with Crippen LogP contribution in [-0.2, 0) is 0 Å². The van der Waals surface area contributed by atoms with Gasteiger partial charge in [-0.3, -0.25) is 0 Å². The molecule has 2 aliphatic carbocycles. The maximum atomic E-state index is 5.75. The zero-order valence-corrected chi connectivity index (χ0v) is 8.41. The molecule has 0 saturated heterocycles. The number of nitrogens with two attached hydrogens (primary N) is 2. The average Bonchev–Trinajstić information content (AvgIpc) is 2.72. The van der Waals surface area contributed by atoms with Gasteiger partial charge in [-0.25, -0.2) is 0 Å². The third-order valence-electron chi connectivity index (χ3n) is 4.23. The van der Waals surface area contributed by atoms with Gasteiger partial charge in [0.1, 0.15) is 0 Å². The second-order valence-electron chi connectivity index (χ2n) is 4.91. The Balaban J connectivity index is 1.81. The molecule has 2 saturated carbocycles. The molecule has 76 valence electrons. The molecule has 13 heavy (non-hydrogen) atoms. The van der Waals surface area contributed by atoms with Crippen LogP contribution in [0.15, 0.2) is 0 Å². The smallest absolute Gasteiger partial charge is 0.00461 e. The lowest BCUT2D eigenvalue weighted by molar-refractivity contribution is 0.248. The quantitative estimate of drug-likeness (QED) is 0.689. The lowest BCUT2D eigenvalue weighted by atomic mass is 9.80. The predicted octanol–water partition coefficient (Wildman–Crippen LogP) is 1.35. The summed E-state index contributed by atoms with van der Waals surface area (Å²) in [6, 6.07) is 0. The molecule has 2 fully saturated rings. The van der Waals surface area contributed by atoms with Gasteiger partial charge in [0, 0.05) is 0 Å². The van der Waals surface area contributed by atoms with Crippen molar-refractivity contribution in [2.45, 2.75) is 32.1 Å². The third-order valence-corrected chi connectivity index (χ3v) is 4.23. The summed E-state index contributed by atoms with van der Waals surface area (Å²) in [5.74, 6) is 3.83. The number of fused-ring (bicyclic) bond motifs is 2. The Hall–Kier alpha value is -0.0800. The molecule has 2 rings (SSSR count). The van der Waals surface area contributed by atoms with Crippen molar-refractivity contribution in [2.24, 2.45) is 35.1 Å². The van der Waals surface area contributed by atoms with E-state index < -0.39 is 0 Å². The van der Waals surface area contributed by atoms with Crippen LogP contribution in [0.2, 0.25) is 0 Å². The molecule has 2 nitrogen and oxygen atoms in total. The van der Waals surface area contributed by atoms with Crippen LogP contribution >= 0.6 is 0 Å². The van der Waals surface area contributed by atoms with Crippen molar-refractivity contribution >= 4 is 0 Å². The Morgan fingerprint density at radius 3 is 2.15 bits per heavy atom. The summed E-state index contributed by atoms with van der Waals surface area (Å²) in [5, 5.41) is 0. The summed E-state index contributed by atoms with van der Waals surface area (Å²) in [7, 11) is 0. The van der Waals surface area contributed by atoms with Crippen LogP contribution < -0.4 is 11.5 Å². The van der Waals surface area contributed by atoms with Crippen molar-refractivity contribution in [2.75, 3.05) is 13.1 Å². The zero-order chi connectivity index (χ0) is 9.26. The zero-order valence-electron chi connectivity index (χ0n) is 8.41. The first kappa shape index (κ1) is 9.47. The van der Waals surface area contributed by atoms with Crippen molar-refractivity contribution in [3.8, 4) is 0 Å². The van der Waals surface area contributed by atoms with E-state index in [0.717, 1.165) is 36.8 Å². The molecule has 0 amide bonds. The summed E-state index contributed by atoms with van der Waals surface area (Å²) in [6.45, 7) is 1.79. The molecule has 0 spiro atoms. The maximum absolute atomic E-state index is 5.75. The summed E-state index contributed by atoms with van der Waals surface area (Å²) in [4.78, 5) is 0. The minimum atomic E-state index is 0.860. The van der Waals surface area contributed by atoms with E-state index in [0.29, 0.717) is 0 Å². The van der Waals surface area contributed by atoms with E-state index in [2.05, 4.69) is 0 Å². The molecular formula is C11H22N2. The molecule has 0 aliphatic heterocycles. The molecule has 0 heterocycles. The van der Waals surface area contributed by atoms with Gasteiger partial charge in [0.15, 0.2) is 0 Å². The van der Waals surface area contributed by atoms with Crippen LogP contribution in [0, 0.1) is 23.7 Å².